The van der Waals surface area contributed by atoms with Crippen LogP contribution in [-0.4, -0.2) is 154 Å². The summed E-state index contributed by atoms with van der Waals surface area (Å²) >= 11 is 0. The maximum absolute atomic E-state index is 12.5. The molecule has 4 aliphatic heterocycles. The third kappa shape index (κ3) is 15.9. The van der Waals surface area contributed by atoms with Crippen molar-refractivity contribution in [2.24, 2.45) is 10.8 Å². The zero-order chi connectivity index (χ0) is 37.2. The number of amides is 5. The lowest BCUT2D eigenvalue weighted by atomic mass is 9.93. The highest BCUT2D eigenvalue weighted by molar-refractivity contribution is 5.85. The minimum atomic E-state index is -1.00. The van der Waals surface area contributed by atoms with Crippen LogP contribution in [0.15, 0.2) is 12.2 Å². The van der Waals surface area contributed by atoms with Crippen LogP contribution in [0.1, 0.15) is 77.2 Å². The zero-order valence-electron chi connectivity index (χ0n) is 30.2. The normalized spacial score (nSPS) is 19.3. The molecule has 51 heavy (non-hydrogen) atoms. The Morgan fingerprint density at radius 3 is 1.57 bits per heavy atom. The van der Waals surface area contributed by atoms with Gasteiger partial charge in [-0.1, -0.05) is 20.4 Å². The molecule has 0 spiro atoms. The fourth-order valence-electron chi connectivity index (χ4n) is 5.31. The van der Waals surface area contributed by atoms with Gasteiger partial charge in [0.15, 0.2) is 0 Å². The number of carboxylic acids is 2. The van der Waals surface area contributed by atoms with Gasteiger partial charge in [-0.15, -0.1) is 19.0 Å². The topological polar surface area (TPSA) is 197 Å². The standard InChI is InChI=1S/C16H27N3O5.C11H19N3O3.C4H8.CO2.2CH4.ClH/c1-15(2,3)24-14(23)17-6-7-19-11(8-17)9-18(13(19)22)10-16(4,5)12(20)21;1-11(2,9(15)16)7-13-6-8-5-12-3-4-14(8)10(13)17;1-4(2)3;2-1-3;;;/h11H,6-10H2,1-5H3,(H,20,21);8,12H,3-7H2,1-2H3,(H,15,16);1H2,2-3H3;;2*1H4;1H/t11-;8-;;;;;/m00...../s1. The average Bonchev–Trinajstić information content (AvgIpc) is 3.42. The molecule has 0 unspecified atom stereocenters. The van der Waals surface area contributed by atoms with Gasteiger partial charge in [-0.2, -0.15) is 9.59 Å². The summed E-state index contributed by atoms with van der Waals surface area (Å²) in [5.41, 5.74) is -1.29. The lowest BCUT2D eigenvalue weighted by molar-refractivity contribution is -0.191. The van der Waals surface area contributed by atoms with Crippen LogP contribution in [0.2, 0.25) is 0 Å². The number of carboxylic acid groups (broad SMARTS) is 2. The zero-order valence-corrected chi connectivity index (χ0v) is 31.1. The molecule has 2 atom stereocenters. The van der Waals surface area contributed by atoms with Crippen molar-refractivity contribution in [3.8, 4) is 0 Å². The Hall–Kier alpha value is -3.88. The molecular weight excluding hydrogens is 688 g/mol. The number of hydrogen-bond donors (Lipinski definition) is 3. The summed E-state index contributed by atoms with van der Waals surface area (Å²) < 4.78 is 5.38. The molecule has 4 aliphatic rings. The van der Waals surface area contributed by atoms with Crippen molar-refractivity contribution in [3.63, 3.8) is 0 Å². The van der Waals surface area contributed by atoms with Gasteiger partial charge in [0, 0.05) is 65.4 Å². The highest BCUT2D eigenvalue weighted by Crippen LogP contribution is 2.27. The number of carbonyl (C=O) groups excluding carboxylic acids is 5. The predicted octanol–water partition coefficient (Wildman–Crippen LogP) is 3.95. The van der Waals surface area contributed by atoms with Gasteiger partial charge >= 0.3 is 36.2 Å². The molecule has 0 aromatic rings. The Bertz CT molecular complexity index is 1230. The second kappa shape index (κ2) is 21.5. The summed E-state index contributed by atoms with van der Waals surface area (Å²) in [6, 6.07) is -0.104. The average molecular weight is 751 g/mol. The van der Waals surface area contributed by atoms with Crippen molar-refractivity contribution >= 4 is 48.7 Å². The minimum absolute atomic E-state index is 0. The first-order chi connectivity index (χ1) is 22.0. The summed E-state index contributed by atoms with van der Waals surface area (Å²) in [5, 5.41) is 21.6. The van der Waals surface area contributed by atoms with E-state index in [1.807, 2.05) is 39.5 Å². The summed E-state index contributed by atoms with van der Waals surface area (Å²) in [6.45, 7) is 24.5. The monoisotopic (exact) mass is 750 g/mol. The van der Waals surface area contributed by atoms with Crippen molar-refractivity contribution < 1.29 is 48.5 Å². The lowest BCUT2D eigenvalue weighted by Gasteiger charge is -2.37. The number of nitrogens with zero attached hydrogens (tertiary/aromatic N) is 5. The van der Waals surface area contributed by atoms with E-state index in [1.54, 1.807) is 47.3 Å². The number of hydrogen-bond acceptors (Lipinski definition) is 9. The van der Waals surface area contributed by atoms with Gasteiger partial charge in [-0.25, -0.2) is 14.4 Å². The van der Waals surface area contributed by atoms with E-state index in [-0.39, 0.29) is 76.7 Å². The summed E-state index contributed by atoms with van der Waals surface area (Å²) in [4.78, 5) is 83.7. The summed E-state index contributed by atoms with van der Waals surface area (Å²) in [5.74, 6) is -1.80. The van der Waals surface area contributed by atoms with E-state index in [4.69, 9.17) is 19.4 Å². The third-order valence-corrected chi connectivity index (χ3v) is 7.71. The van der Waals surface area contributed by atoms with Crippen LogP contribution in [0.4, 0.5) is 14.4 Å². The van der Waals surface area contributed by atoms with Crippen molar-refractivity contribution in [3.05, 3.63) is 12.2 Å². The van der Waals surface area contributed by atoms with Gasteiger partial charge in [0.25, 0.3) is 0 Å². The number of urea groups is 2. The van der Waals surface area contributed by atoms with Crippen molar-refractivity contribution in [2.45, 2.75) is 94.9 Å². The van der Waals surface area contributed by atoms with Crippen LogP contribution in [0.3, 0.4) is 0 Å². The van der Waals surface area contributed by atoms with Crippen molar-refractivity contribution in [1.82, 2.24) is 29.8 Å². The highest BCUT2D eigenvalue weighted by Gasteiger charge is 2.45. The molecule has 296 valence electrons. The first-order valence-electron chi connectivity index (χ1n) is 15.8. The number of aliphatic carboxylic acids is 2. The maximum Gasteiger partial charge on any atom is 0.410 e. The van der Waals surface area contributed by atoms with E-state index in [1.165, 1.54) is 5.57 Å². The molecule has 4 rings (SSSR count). The molecule has 4 heterocycles. The number of ether oxygens (including phenoxy) is 1. The molecule has 5 amide bonds. The molecule has 0 radical (unpaired) electrons. The minimum Gasteiger partial charge on any atom is -0.481 e. The van der Waals surface area contributed by atoms with Crippen LogP contribution in [0.5, 0.6) is 0 Å². The number of carbonyl (C=O) groups is 5. The molecule has 0 bridgehead atoms. The lowest BCUT2D eigenvalue weighted by Crippen LogP contribution is -2.54. The predicted molar refractivity (Wildman–Crippen MR) is 195 cm³/mol. The first-order valence-corrected chi connectivity index (χ1v) is 15.8. The fraction of sp³-hybridized carbons (Fsp3) is 0.765. The van der Waals surface area contributed by atoms with Gasteiger partial charge in [0.2, 0.25) is 0 Å². The molecule has 16 nitrogen and oxygen atoms in total. The Morgan fingerprint density at radius 1 is 0.804 bits per heavy atom. The molecule has 0 aliphatic carbocycles. The van der Waals surface area contributed by atoms with Crippen LogP contribution in [0.25, 0.3) is 0 Å². The van der Waals surface area contributed by atoms with E-state index >= 15 is 0 Å². The third-order valence-electron chi connectivity index (χ3n) is 7.71. The van der Waals surface area contributed by atoms with Gasteiger partial charge in [-0.05, 0) is 62.3 Å². The SMILES string of the molecule is C.C.C=C(C)C.CC(C)(C)OC(=O)N1CCN2C(=O)N(CC(C)(C)C(=O)O)C[C@@H]2C1.CC(C)(CN1C[C@@H]2CNCCN2C1=O)C(=O)O.Cl.O=C=O. The van der Waals surface area contributed by atoms with Crippen LogP contribution in [-0.2, 0) is 23.9 Å². The number of allylic oxidation sites excluding steroid dienone is 1. The molecule has 0 aromatic carbocycles. The van der Waals surface area contributed by atoms with E-state index in [0.717, 1.165) is 13.1 Å². The quantitative estimate of drug-likeness (QED) is 0.333. The van der Waals surface area contributed by atoms with Crippen LogP contribution in [0, 0.1) is 10.8 Å². The Morgan fingerprint density at radius 2 is 1.20 bits per heavy atom. The molecule has 3 N–H and O–H groups in total. The van der Waals surface area contributed by atoms with E-state index in [2.05, 4.69) is 11.9 Å². The smallest absolute Gasteiger partial charge is 0.410 e. The molecule has 4 fully saturated rings. The number of rotatable bonds is 6. The molecule has 4 saturated heterocycles. The van der Waals surface area contributed by atoms with Gasteiger partial charge in [0.05, 0.1) is 22.9 Å². The number of halogens is 1. The van der Waals surface area contributed by atoms with Crippen LogP contribution >= 0.6 is 12.4 Å². The Balaban J connectivity index is -0.000000749. The van der Waals surface area contributed by atoms with Crippen LogP contribution < -0.4 is 5.32 Å². The van der Waals surface area contributed by atoms with Gasteiger partial charge < -0.3 is 44.8 Å². The largest absolute Gasteiger partial charge is 0.481 e. The van der Waals surface area contributed by atoms with Crippen molar-refractivity contribution in [2.75, 3.05) is 65.4 Å². The highest BCUT2D eigenvalue weighted by atomic mass is 35.5. The maximum atomic E-state index is 12.5. The number of nitrogens with one attached hydrogen (secondary N) is 1. The first kappa shape index (κ1) is 51.5. The molecule has 0 saturated carbocycles. The van der Waals surface area contributed by atoms with E-state index in [0.29, 0.717) is 39.3 Å². The summed E-state index contributed by atoms with van der Waals surface area (Å²) in [7, 11) is 0. The van der Waals surface area contributed by atoms with Gasteiger partial charge in [0.1, 0.15) is 5.60 Å². The van der Waals surface area contributed by atoms with E-state index < -0.39 is 28.4 Å². The second-order valence-corrected chi connectivity index (χ2v) is 14.8. The fourth-order valence-corrected chi connectivity index (χ4v) is 5.31. The Labute approximate surface area is 309 Å². The summed E-state index contributed by atoms with van der Waals surface area (Å²) in [6.07, 6.45) is -0.126. The second-order valence-electron chi connectivity index (χ2n) is 14.8. The van der Waals surface area contributed by atoms with E-state index in [9.17, 15) is 29.1 Å². The number of fused-ring (bicyclic) bond motifs is 2. The molecule has 17 heteroatoms. The van der Waals surface area contributed by atoms with Crippen molar-refractivity contribution in [1.29, 1.82) is 0 Å². The Kier molecular flexibility index (Phi) is 21.7. The number of piperazine rings is 2. The molecular formula is C34H63ClN6O10. The van der Waals surface area contributed by atoms with Gasteiger partial charge in [-0.3, -0.25) is 9.59 Å². The molecule has 0 aromatic heterocycles.